The molecule has 1 aliphatic rings. The van der Waals surface area contributed by atoms with Crippen molar-refractivity contribution in [1.29, 1.82) is 0 Å². The number of rotatable bonds is 3. The van der Waals surface area contributed by atoms with Gasteiger partial charge in [-0.15, -0.1) is 0 Å². The lowest BCUT2D eigenvalue weighted by Crippen LogP contribution is -2.41. The van der Waals surface area contributed by atoms with Crippen LogP contribution in [0, 0.1) is 11.3 Å². The molecule has 1 N–H and O–H groups in total. The molecule has 0 radical (unpaired) electrons. The van der Waals surface area contributed by atoms with Crippen LogP contribution in [-0.2, 0) is 6.54 Å². The summed E-state index contributed by atoms with van der Waals surface area (Å²) >= 11 is 0. The van der Waals surface area contributed by atoms with Crippen molar-refractivity contribution in [3.8, 4) is 0 Å². The van der Waals surface area contributed by atoms with Crippen molar-refractivity contribution in [2.75, 3.05) is 0 Å². The van der Waals surface area contributed by atoms with Crippen LogP contribution in [0.15, 0.2) is 16.8 Å². The van der Waals surface area contributed by atoms with Crippen molar-refractivity contribution in [1.82, 2.24) is 10.5 Å². The van der Waals surface area contributed by atoms with Gasteiger partial charge in [0.1, 0.15) is 5.76 Å². The highest BCUT2D eigenvalue weighted by atomic mass is 16.5. The molecule has 3 heteroatoms. The molecule has 0 saturated heterocycles. The summed E-state index contributed by atoms with van der Waals surface area (Å²) in [6, 6.07) is 2.54. The number of hydrogen-bond acceptors (Lipinski definition) is 3. The molecule has 1 aromatic rings. The molecule has 1 fully saturated rings. The highest BCUT2D eigenvalue weighted by molar-refractivity contribution is 4.94. The maximum absolute atomic E-state index is 5.09. The molecule has 0 aromatic carbocycles. The second-order valence-corrected chi connectivity index (χ2v) is 5.85. The summed E-state index contributed by atoms with van der Waals surface area (Å²) in [5, 5.41) is 7.29. The van der Waals surface area contributed by atoms with Gasteiger partial charge in [0.05, 0.1) is 12.7 Å². The molecule has 1 heterocycles. The first-order valence-corrected chi connectivity index (χ1v) is 6.20. The van der Waals surface area contributed by atoms with E-state index in [0.717, 1.165) is 18.2 Å². The van der Waals surface area contributed by atoms with Crippen molar-refractivity contribution in [2.24, 2.45) is 11.3 Å². The Morgan fingerprint density at radius 2 is 2.38 bits per heavy atom. The summed E-state index contributed by atoms with van der Waals surface area (Å²) in [6.45, 7) is 7.89. The summed E-state index contributed by atoms with van der Waals surface area (Å²) in [5.41, 5.74) is 0.518. The Hall–Kier alpha value is -0.830. The number of nitrogens with one attached hydrogen (secondary N) is 1. The SMILES string of the molecule is CC1CC(C)(C)CCC1NCc1ccno1. The van der Waals surface area contributed by atoms with Crippen LogP contribution in [0.25, 0.3) is 0 Å². The third-order valence-corrected chi connectivity index (χ3v) is 3.72. The molecular formula is C13H22N2O. The quantitative estimate of drug-likeness (QED) is 0.854. The zero-order valence-corrected chi connectivity index (χ0v) is 10.5. The summed E-state index contributed by atoms with van der Waals surface area (Å²) in [5.74, 6) is 1.67. The van der Waals surface area contributed by atoms with E-state index in [-0.39, 0.29) is 0 Å². The summed E-state index contributed by atoms with van der Waals surface area (Å²) in [7, 11) is 0. The van der Waals surface area contributed by atoms with E-state index >= 15 is 0 Å². The fraction of sp³-hybridized carbons (Fsp3) is 0.769. The number of aromatic nitrogens is 1. The lowest BCUT2D eigenvalue weighted by atomic mass is 9.70. The Bertz CT molecular complexity index is 319. The first-order valence-electron chi connectivity index (χ1n) is 6.20. The van der Waals surface area contributed by atoms with Gasteiger partial charge in [-0.3, -0.25) is 0 Å². The van der Waals surface area contributed by atoms with Gasteiger partial charge in [0, 0.05) is 12.1 Å². The van der Waals surface area contributed by atoms with E-state index in [1.165, 1.54) is 19.3 Å². The minimum atomic E-state index is 0.518. The van der Waals surface area contributed by atoms with Crippen LogP contribution in [0.1, 0.15) is 45.8 Å². The minimum absolute atomic E-state index is 0.518. The molecular weight excluding hydrogens is 200 g/mol. The molecule has 2 unspecified atom stereocenters. The standard InChI is InChI=1S/C13H22N2O/c1-10-8-13(2,3)6-4-12(10)14-9-11-5-7-15-16-11/h5,7,10,12,14H,4,6,8-9H2,1-3H3. The van der Waals surface area contributed by atoms with Gasteiger partial charge in [0.15, 0.2) is 0 Å². The van der Waals surface area contributed by atoms with Crippen molar-refractivity contribution in [3.05, 3.63) is 18.0 Å². The highest BCUT2D eigenvalue weighted by Crippen LogP contribution is 2.38. The first kappa shape index (κ1) is 11.6. The molecule has 0 bridgehead atoms. The Morgan fingerprint density at radius 3 is 3.00 bits per heavy atom. The smallest absolute Gasteiger partial charge is 0.150 e. The zero-order chi connectivity index (χ0) is 11.6. The predicted octanol–water partition coefficient (Wildman–Crippen LogP) is 2.98. The van der Waals surface area contributed by atoms with Crippen molar-refractivity contribution in [3.63, 3.8) is 0 Å². The second kappa shape index (κ2) is 4.58. The molecule has 1 aromatic heterocycles. The van der Waals surface area contributed by atoms with E-state index in [0.29, 0.717) is 11.5 Å². The second-order valence-electron chi connectivity index (χ2n) is 5.85. The third-order valence-electron chi connectivity index (χ3n) is 3.72. The molecule has 0 aliphatic heterocycles. The lowest BCUT2D eigenvalue weighted by Gasteiger charge is -2.39. The van der Waals surface area contributed by atoms with Gasteiger partial charge >= 0.3 is 0 Å². The largest absolute Gasteiger partial charge is 0.360 e. The number of hydrogen-bond donors (Lipinski definition) is 1. The molecule has 1 saturated carbocycles. The fourth-order valence-corrected chi connectivity index (χ4v) is 2.81. The van der Waals surface area contributed by atoms with Crippen LogP contribution < -0.4 is 5.32 Å². The van der Waals surface area contributed by atoms with Crippen LogP contribution in [0.2, 0.25) is 0 Å². The summed E-state index contributed by atoms with van der Waals surface area (Å²) in [4.78, 5) is 0. The van der Waals surface area contributed by atoms with Crippen LogP contribution in [-0.4, -0.2) is 11.2 Å². The average molecular weight is 222 g/mol. The molecule has 2 atom stereocenters. The molecule has 1 aliphatic carbocycles. The predicted molar refractivity (Wildman–Crippen MR) is 63.9 cm³/mol. The maximum atomic E-state index is 5.09. The normalized spacial score (nSPS) is 29.2. The van der Waals surface area contributed by atoms with Gasteiger partial charge in [-0.1, -0.05) is 25.9 Å². The summed E-state index contributed by atoms with van der Waals surface area (Å²) in [6.07, 6.45) is 5.58. The van der Waals surface area contributed by atoms with E-state index in [9.17, 15) is 0 Å². The van der Waals surface area contributed by atoms with Crippen LogP contribution in [0.3, 0.4) is 0 Å². The Labute approximate surface area is 97.6 Å². The van der Waals surface area contributed by atoms with Gasteiger partial charge in [-0.05, 0) is 30.6 Å². The summed E-state index contributed by atoms with van der Waals surface area (Å²) < 4.78 is 5.09. The van der Waals surface area contributed by atoms with Crippen LogP contribution in [0.5, 0.6) is 0 Å². The molecule has 16 heavy (non-hydrogen) atoms. The van der Waals surface area contributed by atoms with Gasteiger partial charge < -0.3 is 9.84 Å². The van der Waals surface area contributed by atoms with Crippen LogP contribution >= 0.6 is 0 Å². The lowest BCUT2D eigenvalue weighted by molar-refractivity contribution is 0.146. The topological polar surface area (TPSA) is 38.1 Å². The van der Waals surface area contributed by atoms with Crippen molar-refractivity contribution in [2.45, 2.75) is 52.6 Å². The van der Waals surface area contributed by atoms with E-state index < -0.39 is 0 Å². The van der Waals surface area contributed by atoms with Crippen molar-refractivity contribution >= 4 is 0 Å². The molecule has 0 amide bonds. The third kappa shape index (κ3) is 2.85. The molecule has 0 spiro atoms. The zero-order valence-electron chi connectivity index (χ0n) is 10.5. The van der Waals surface area contributed by atoms with E-state index in [4.69, 9.17) is 4.52 Å². The van der Waals surface area contributed by atoms with Gasteiger partial charge in [-0.2, -0.15) is 0 Å². The van der Waals surface area contributed by atoms with E-state index in [2.05, 4.69) is 31.2 Å². The Balaban J connectivity index is 1.83. The average Bonchev–Trinajstić information content (AvgIpc) is 2.68. The minimum Gasteiger partial charge on any atom is -0.360 e. The number of nitrogens with zero attached hydrogens (tertiary/aromatic N) is 1. The molecule has 90 valence electrons. The molecule has 2 rings (SSSR count). The van der Waals surface area contributed by atoms with E-state index in [1.807, 2.05) is 6.07 Å². The van der Waals surface area contributed by atoms with Crippen LogP contribution in [0.4, 0.5) is 0 Å². The Morgan fingerprint density at radius 1 is 1.56 bits per heavy atom. The fourth-order valence-electron chi connectivity index (χ4n) is 2.81. The highest BCUT2D eigenvalue weighted by Gasteiger charge is 2.31. The van der Waals surface area contributed by atoms with Gasteiger partial charge in [-0.25, -0.2) is 0 Å². The maximum Gasteiger partial charge on any atom is 0.150 e. The van der Waals surface area contributed by atoms with E-state index in [1.54, 1.807) is 6.20 Å². The Kier molecular flexibility index (Phi) is 3.33. The van der Waals surface area contributed by atoms with Gasteiger partial charge in [0.25, 0.3) is 0 Å². The van der Waals surface area contributed by atoms with Crippen molar-refractivity contribution < 1.29 is 4.52 Å². The monoisotopic (exact) mass is 222 g/mol. The van der Waals surface area contributed by atoms with Gasteiger partial charge in [0.2, 0.25) is 0 Å². The first-order chi connectivity index (χ1) is 7.57. The molecule has 3 nitrogen and oxygen atoms in total.